The highest BCUT2D eigenvalue weighted by Gasteiger charge is 2.44. The molecule has 0 bridgehead atoms. The van der Waals surface area contributed by atoms with Crippen LogP contribution >= 0.6 is 0 Å². The van der Waals surface area contributed by atoms with Crippen LogP contribution in [0.3, 0.4) is 0 Å². The molecule has 3 rings (SSSR count). The summed E-state index contributed by atoms with van der Waals surface area (Å²) < 4.78 is 0. The van der Waals surface area contributed by atoms with Gasteiger partial charge in [-0.2, -0.15) is 0 Å². The molecule has 22 heavy (non-hydrogen) atoms. The number of carbonyl (C=O) groups excluding carboxylic acids is 2. The molecule has 1 aromatic rings. The molecule has 1 aromatic carbocycles. The molecule has 118 valence electrons. The highest BCUT2D eigenvalue weighted by Crippen LogP contribution is 2.38. The van der Waals surface area contributed by atoms with E-state index in [4.69, 9.17) is 0 Å². The second-order valence-corrected chi connectivity index (χ2v) is 6.56. The van der Waals surface area contributed by atoms with Crippen LogP contribution < -0.4 is 0 Å². The highest BCUT2D eigenvalue weighted by molar-refractivity contribution is 5.90. The Labute approximate surface area is 132 Å². The van der Waals surface area contributed by atoms with Gasteiger partial charge in [-0.05, 0) is 31.7 Å². The summed E-state index contributed by atoms with van der Waals surface area (Å²) in [6, 6.07) is 8.07. The monoisotopic (exact) mass is 300 g/mol. The molecule has 2 unspecified atom stereocenters. The van der Waals surface area contributed by atoms with E-state index in [1.54, 1.807) is 4.90 Å². The summed E-state index contributed by atoms with van der Waals surface area (Å²) in [5.74, 6) is -0.0118. The third kappa shape index (κ3) is 2.74. The van der Waals surface area contributed by atoms with Crippen LogP contribution in [-0.2, 0) is 9.59 Å². The molecule has 0 spiro atoms. The van der Waals surface area contributed by atoms with Crippen LogP contribution in [0.25, 0.3) is 0 Å². The molecule has 0 saturated carbocycles. The van der Waals surface area contributed by atoms with Gasteiger partial charge in [-0.1, -0.05) is 29.8 Å². The zero-order valence-corrected chi connectivity index (χ0v) is 13.4. The number of rotatable bonds is 2. The summed E-state index contributed by atoms with van der Waals surface area (Å²) in [5, 5.41) is 0. The van der Waals surface area contributed by atoms with Crippen molar-refractivity contribution in [3.8, 4) is 0 Å². The second-order valence-electron chi connectivity index (χ2n) is 6.56. The largest absolute Gasteiger partial charge is 0.342 e. The third-order valence-corrected chi connectivity index (χ3v) is 4.99. The maximum absolute atomic E-state index is 12.9. The average Bonchev–Trinajstić information content (AvgIpc) is 2.84. The lowest BCUT2D eigenvalue weighted by molar-refractivity contribution is -0.137. The molecule has 0 radical (unpaired) electrons. The van der Waals surface area contributed by atoms with E-state index in [-0.39, 0.29) is 23.8 Å². The van der Waals surface area contributed by atoms with Crippen LogP contribution in [-0.4, -0.2) is 41.8 Å². The van der Waals surface area contributed by atoms with E-state index in [1.807, 2.05) is 31.0 Å². The second kappa shape index (κ2) is 6.11. The van der Waals surface area contributed by atoms with Gasteiger partial charge in [-0.3, -0.25) is 9.59 Å². The minimum Gasteiger partial charge on any atom is -0.342 e. The van der Waals surface area contributed by atoms with E-state index in [0.717, 1.165) is 31.5 Å². The Kier molecular flexibility index (Phi) is 4.19. The van der Waals surface area contributed by atoms with Crippen LogP contribution in [0.15, 0.2) is 24.3 Å². The van der Waals surface area contributed by atoms with E-state index in [0.29, 0.717) is 6.42 Å². The molecule has 2 saturated heterocycles. The molecule has 0 aromatic heterocycles. The quantitative estimate of drug-likeness (QED) is 0.842. The first kappa shape index (κ1) is 15.1. The van der Waals surface area contributed by atoms with E-state index >= 15 is 0 Å². The van der Waals surface area contributed by atoms with Gasteiger partial charge in [0.2, 0.25) is 11.8 Å². The normalized spacial score (nSPS) is 25.6. The molecule has 2 heterocycles. The maximum Gasteiger partial charge on any atom is 0.228 e. The number of piperidine rings is 1. The van der Waals surface area contributed by atoms with Crippen molar-refractivity contribution in [2.45, 2.75) is 38.6 Å². The van der Waals surface area contributed by atoms with Crippen molar-refractivity contribution in [1.29, 1.82) is 0 Å². The first-order valence-electron chi connectivity index (χ1n) is 8.19. The predicted molar refractivity (Wildman–Crippen MR) is 85.2 cm³/mol. The van der Waals surface area contributed by atoms with Gasteiger partial charge >= 0.3 is 0 Å². The molecule has 2 aliphatic rings. The number of hydrogen-bond donors (Lipinski definition) is 0. The Bertz CT molecular complexity index is 561. The first-order chi connectivity index (χ1) is 10.6. The molecule has 2 atom stereocenters. The molecule has 0 aliphatic carbocycles. The lowest BCUT2D eigenvalue weighted by atomic mass is 9.91. The number of amides is 2. The van der Waals surface area contributed by atoms with E-state index in [9.17, 15) is 9.59 Å². The molecule has 0 N–H and O–H groups in total. The van der Waals surface area contributed by atoms with Crippen molar-refractivity contribution >= 4 is 11.8 Å². The summed E-state index contributed by atoms with van der Waals surface area (Å²) in [5.41, 5.74) is 2.25. The molecule has 2 amide bonds. The third-order valence-electron chi connectivity index (χ3n) is 4.99. The Morgan fingerprint density at radius 2 is 1.73 bits per heavy atom. The van der Waals surface area contributed by atoms with Gasteiger partial charge in [0.25, 0.3) is 0 Å². The molecular formula is C18H24N2O2. The van der Waals surface area contributed by atoms with Gasteiger partial charge in [-0.15, -0.1) is 0 Å². The van der Waals surface area contributed by atoms with Crippen LogP contribution in [0, 0.1) is 12.8 Å². The minimum atomic E-state index is -0.238. The molecule has 4 heteroatoms. The molecular weight excluding hydrogens is 276 g/mol. The Hall–Kier alpha value is -1.84. The fourth-order valence-electron chi connectivity index (χ4n) is 3.66. The number of likely N-dealkylation sites (tertiary alicyclic amines) is 2. The molecule has 4 nitrogen and oxygen atoms in total. The van der Waals surface area contributed by atoms with Crippen molar-refractivity contribution in [3.63, 3.8) is 0 Å². The average molecular weight is 300 g/mol. The van der Waals surface area contributed by atoms with Crippen molar-refractivity contribution < 1.29 is 9.59 Å². The minimum absolute atomic E-state index is 0.0703. The maximum atomic E-state index is 12.9. The lowest BCUT2D eigenvalue weighted by Gasteiger charge is -2.32. The van der Waals surface area contributed by atoms with Crippen LogP contribution in [0.4, 0.5) is 0 Å². The van der Waals surface area contributed by atoms with E-state index < -0.39 is 0 Å². The fourth-order valence-corrected chi connectivity index (χ4v) is 3.66. The first-order valence-corrected chi connectivity index (χ1v) is 8.19. The van der Waals surface area contributed by atoms with Crippen molar-refractivity contribution in [2.75, 3.05) is 20.1 Å². The summed E-state index contributed by atoms with van der Waals surface area (Å²) in [4.78, 5) is 28.8. The highest BCUT2D eigenvalue weighted by atomic mass is 16.2. The van der Waals surface area contributed by atoms with Gasteiger partial charge in [0.15, 0.2) is 0 Å². The summed E-state index contributed by atoms with van der Waals surface area (Å²) in [7, 11) is 1.82. The lowest BCUT2D eigenvalue weighted by Crippen LogP contribution is -2.41. The topological polar surface area (TPSA) is 40.6 Å². The van der Waals surface area contributed by atoms with E-state index in [1.165, 1.54) is 12.0 Å². The number of aryl methyl sites for hydroxylation is 1. The fraction of sp³-hybridized carbons (Fsp3) is 0.556. The van der Waals surface area contributed by atoms with Gasteiger partial charge in [0, 0.05) is 26.6 Å². The van der Waals surface area contributed by atoms with Crippen molar-refractivity contribution in [2.24, 2.45) is 5.92 Å². The number of benzene rings is 1. The number of hydrogen-bond acceptors (Lipinski definition) is 2. The number of nitrogens with zero attached hydrogens (tertiary/aromatic N) is 2. The van der Waals surface area contributed by atoms with Crippen LogP contribution in [0.2, 0.25) is 0 Å². The SMILES string of the molecule is Cc1ccc(C2C(C(=O)N3CCCCC3)CC(=O)N2C)cc1. The van der Waals surface area contributed by atoms with Crippen LogP contribution in [0.5, 0.6) is 0 Å². The van der Waals surface area contributed by atoms with Gasteiger partial charge in [0.1, 0.15) is 0 Å². The summed E-state index contributed by atoms with van der Waals surface area (Å²) >= 11 is 0. The zero-order valence-electron chi connectivity index (χ0n) is 13.4. The van der Waals surface area contributed by atoms with Crippen LogP contribution in [0.1, 0.15) is 42.9 Å². The van der Waals surface area contributed by atoms with E-state index in [2.05, 4.69) is 12.1 Å². The summed E-state index contributed by atoms with van der Waals surface area (Å²) in [6.07, 6.45) is 3.70. The number of carbonyl (C=O) groups is 2. The van der Waals surface area contributed by atoms with Gasteiger partial charge in [0.05, 0.1) is 12.0 Å². The van der Waals surface area contributed by atoms with Crippen molar-refractivity contribution in [1.82, 2.24) is 9.80 Å². The Balaban J connectivity index is 1.86. The predicted octanol–water partition coefficient (Wildman–Crippen LogP) is 2.53. The Morgan fingerprint density at radius 3 is 2.36 bits per heavy atom. The Morgan fingerprint density at radius 1 is 1.09 bits per heavy atom. The van der Waals surface area contributed by atoms with Gasteiger partial charge < -0.3 is 9.80 Å². The smallest absolute Gasteiger partial charge is 0.228 e. The zero-order chi connectivity index (χ0) is 15.7. The van der Waals surface area contributed by atoms with Crippen molar-refractivity contribution in [3.05, 3.63) is 35.4 Å². The standard InChI is InChI=1S/C18H24N2O2/c1-13-6-8-14(9-7-13)17-15(12-16(21)19(17)2)18(22)20-10-4-3-5-11-20/h6-9,15,17H,3-5,10-12H2,1-2H3. The summed E-state index contributed by atoms with van der Waals surface area (Å²) in [6.45, 7) is 3.73. The van der Waals surface area contributed by atoms with Gasteiger partial charge in [-0.25, -0.2) is 0 Å². The molecule has 2 fully saturated rings. The molecule has 2 aliphatic heterocycles.